The van der Waals surface area contributed by atoms with E-state index in [0.717, 1.165) is 21.1 Å². The molecule has 1 aliphatic rings. The predicted molar refractivity (Wildman–Crippen MR) is 85.4 cm³/mol. The van der Waals surface area contributed by atoms with E-state index >= 15 is 0 Å². The summed E-state index contributed by atoms with van der Waals surface area (Å²) in [5, 5.41) is 2.55. The first-order chi connectivity index (χ1) is 9.69. The molecule has 2 nitrogen and oxygen atoms in total. The molecular formula is C15H11ClO2S2. The summed E-state index contributed by atoms with van der Waals surface area (Å²) >= 11 is 9.21. The van der Waals surface area contributed by atoms with Gasteiger partial charge in [-0.1, -0.05) is 11.6 Å². The number of benzene rings is 1. The summed E-state index contributed by atoms with van der Waals surface area (Å²) in [6.45, 7) is 0. The van der Waals surface area contributed by atoms with Crippen LogP contribution in [0.1, 0.15) is 15.2 Å². The minimum absolute atomic E-state index is 0.0525. The lowest BCUT2D eigenvalue weighted by Gasteiger charge is -2.17. The molecule has 0 saturated carbocycles. The van der Waals surface area contributed by atoms with Gasteiger partial charge in [-0.25, -0.2) is 0 Å². The summed E-state index contributed by atoms with van der Waals surface area (Å²) in [6.07, 6.45) is 1.92. The Balaban J connectivity index is 2.00. The molecule has 5 heteroatoms. The first kappa shape index (κ1) is 13.7. The van der Waals surface area contributed by atoms with Gasteiger partial charge in [0.05, 0.1) is 12.0 Å². The summed E-state index contributed by atoms with van der Waals surface area (Å²) in [5.41, 5.74) is 1.47. The van der Waals surface area contributed by atoms with Crippen LogP contribution in [0.5, 0.6) is 5.75 Å². The molecule has 0 radical (unpaired) electrons. The number of thiophene rings is 1. The van der Waals surface area contributed by atoms with Gasteiger partial charge in [-0.3, -0.25) is 4.79 Å². The van der Waals surface area contributed by atoms with Crippen LogP contribution in [0.2, 0.25) is 5.02 Å². The molecule has 1 aromatic carbocycles. The summed E-state index contributed by atoms with van der Waals surface area (Å²) in [7, 11) is 1.64. The van der Waals surface area contributed by atoms with Gasteiger partial charge in [0.1, 0.15) is 5.75 Å². The number of methoxy groups -OCH3 is 1. The molecule has 0 aliphatic carbocycles. The molecule has 1 aliphatic heterocycles. The molecule has 0 fully saturated rings. The molecule has 0 bridgehead atoms. The maximum absolute atomic E-state index is 12.5. The molecule has 0 amide bonds. The van der Waals surface area contributed by atoms with E-state index in [2.05, 4.69) is 0 Å². The van der Waals surface area contributed by atoms with Gasteiger partial charge in [0.25, 0.3) is 0 Å². The fourth-order valence-corrected chi connectivity index (χ4v) is 4.03. The van der Waals surface area contributed by atoms with Crippen molar-refractivity contribution in [1.29, 1.82) is 0 Å². The molecule has 0 unspecified atom stereocenters. The molecule has 1 aromatic heterocycles. The quantitative estimate of drug-likeness (QED) is 0.744. The standard InChI is InChI=1S/C15H11ClO2S2/c1-18-12-4-5-19-14(12)6-9-8-20-13-3-2-10(16)7-11(13)15(9)17/h2-7H,8H2,1H3/b9-6+. The Morgan fingerprint density at radius 1 is 1.35 bits per heavy atom. The summed E-state index contributed by atoms with van der Waals surface area (Å²) in [5.74, 6) is 1.53. The monoisotopic (exact) mass is 322 g/mol. The maximum atomic E-state index is 12.5. The van der Waals surface area contributed by atoms with Crippen molar-refractivity contribution in [3.8, 4) is 5.75 Å². The highest BCUT2D eigenvalue weighted by Gasteiger charge is 2.23. The van der Waals surface area contributed by atoms with E-state index in [1.165, 1.54) is 0 Å². The molecule has 102 valence electrons. The third-order valence-electron chi connectivity index (χ3n) is 3.04. The molecule has 0 atom stereocenters. The van der Waals surface area contributed by atoms with Crippen molar-refractivity contribution in [3.63, 3.8) is 0 Å². The van der Waals surface area contributed by atoms with Crippen molar-refractivity contribution in [2.75, 3.05) is 12.9 Å². The summed E-state index contributed by atoms with van der Waals surface area (Å²) < 4.78 is 5.28. The van der Waals surface area contributed by atoms with E-state index in [1.807, 2.05) is 29.7 Å². The van der Waals surface area contributed by atoms with E-state index in [-0.39, 0.29) is 5.78 Å². The molecule has 0 N–H and O–H groups in total. The summed E-state index contributed by atoms with van der Waals surface area (Å²) in [6, 6.07) is 7.37. The highest BCUT2D eigenvalue weighted by Crippen LogP contribution is 2.36. The fourth-order valence-electron chi connectivity index (χ4n) is 2.05. The first-order valence-corrected chi connectivity index (χ1v) is 8.22. The van der Waals surface area contributed by atoms with Crippen LogP contribution in [0.15, 0.2) is 40.1 Å². The lowest BCUT2D eigenvalue weighted by atomic mass is 10.0. The van der Waals surface area contributed by atoms with Gasteiger partial charge in [-0.05, 0) is 35.7 Å². The average Bonchev–Trinajstić information content (AvgIpc) is 2.90. The van der Waals surface area contributed by atoms with Crippen LogP contribution in [0.4, 0.5) is 0 Å². The fraction of sp³-hybridized carbons (Fsp3) is 0.133. The Morgan fingerprint density at radius 3 is 3.00 bits per heavy atom. The van der Waals surface area contributed by atoms with Gasteiger partial charge in [-0.15, -0.1) is 23.1 Å². The Bertz CT molecular complexity index is 704. The number of hydrogen-bond donors (Lipinski definition) is 0. The van der Waals surface area contributed by atoms with Crippen LogP contribution < -0.4 is 4.74 Å². The second-order valence-electron chi connectivity index (χ2n) is 4.28. The van der Waals surface area contributed by atoms with Crippen molar-refractivity contribution >= 4 is 46.6 Å². The smallest absolute Gasteiger partial charge is 0.191 e. The zero-order valence-corrected chi connectivity index (χ0v) is 13.1. The van der Waals surface area contributed by atoms with E-state index in [1.54, 1.807) is 36.3 Å². The zero-order valence-electron chi connectivity index (χ0n) is 10.7. The highest BCUT2D eigenvalue weighted by molar-refractivity contribution is 7.99. The van der Waals surface area contributed by atoms with Crippen LogP contribution in [0.25, 0.3) is 6.08 Å². The van der Waals surface area contributed by atoms with Crippen LogP contribution in [0, 0.1) is 0 Å². The van der Waals surface area contributed by atoms with E-state index in [4.69, 9.17) is 16.3 Å². The number of halogens is 1. The molecule has 0 saturated heterocycles. The molecule has 2 aromatic rings. The number of ketones is 1. The highest BCUT2D eigenvalue weighted by atomic mass is 35.5. The number of fused-ring (bicyclic) bond motifs is 1. The number of rotatable bonds is 2. The van der Waals surface area contributed by atoms with E-state index in [0.29, 0.717) is 16.3 Å². The number of thioether (sulfide) groups is 1. The molecule has 2 heterocycles. The van der Waals surface area contributed by atoms with E-state index < -0.39 is 0 Å². The largest absolute Gasteiger partial charge is 0.495 e. The van der Waals surface area contributed by atoms with Crippen molar-refractivity contribution in [2.45, 2.75) is 4.90 Å². The molecule has 3 rings (SSSR count). The third kappa shape index (κ3) is 2.51. The Hall–Kier alpha value is -1.23. The topological polar surface area (TPSA) is 26.3 Å². The average molecular weight is 323 g/mol. The lowest BCUT2D eigenvalue weighted by molar-refractivity contribution is 0.103. The Kier molecular flexibility index (Phi) is 3.87. The Morgan fingerprint density at radius 2 is 2.20 bits per heavy atom. The lowest BCUT2D eigenvalue weighted by Crippen LogP contribution is -2.12. The minimum atomic E-state index is 0.0525. The number of carbonyl (C=O) groups excluding carboxylic acids is 1. The molecular weight excluding hydrogens is 312 g/mol. The number of carbonyl (C=O) groups is 1. The SMILES string of the molecule is COc1ccsc1/C=C1\CSc2ccc(Cl)cc2C1=O. The predicted octanol–water partition coefficient (Wildman–Crippen LogP) is 4.78. The second-order valence-corrected chi connectivity index (χ2v) is 6.68. The first-order valence-electron chi connectivity index (χ1n) is 5.98. The van der Waals surface area contributed by atoms with Crippen LogP contribution in [-0.4, -0.2) is 18.6 Å². The van der Waals surface area contributed by atoms with Crippen molar-refractivity contribution in [3.05, 3.63) is 50.7 Å². The number of hydrogen-bond acceptors (Lipinski definition) is 4. The van der Waals surface area contributed by atoms with E-state index in [9.17, 15) is 4.79 Å². The van der Waals surface area contributed by atoms with Gasteiger partial charge in [0.2, 0.25) is 0 Å². The number of ether oxygens (including phenoxy) is 1. The van der Waals surface area contributed by atoms with Crippen molar-refractivity contribution < 1.29 is 9.53 Å². The van der Waals surface area contributed by atoms with Gasteiger partial charge in [-0.2, -0.15) is 0 Å². The molecule has 20 heavy (non-hydrogen) atoms. The number of Topliss-reactive ketones (excluding diaryl/α,β-unsaturated/α-hetero) is 1. The Labute approximate surface area is 130 Å². The van der Waals surface area contributed by atoms with Crippen LogP contribution in [-0.2, 0) is 0 Å². The molecule has 0 spiro atoms. The minimum Gasteiger partial charge on any atom is -0.495 e. The van der Waals surface area contributed by atoms with Gasteiger partial charge in [0, 0.05) is 26.8 Å². The zero-order chi connectivity index (χ0) is 14.1. The third-order valence-corrected chi connectivity index (χ3v) is 5.25. The van der Waals surface area contributed by atoms with Gasteiger partial charge in [0.15, 0.2) is 5.78 Å². The van der Waals surface area contributed by atoms with Crippen LogP contribution in [0.3, 0.4) is 0 Å². The van der Waals surface area contributed by atoms with Gasteiger partial charge < -0.3 is 4.74 Å². The normalized spacial score (nSPS) is 16.3. The van der Waals surface area contributed by atoms with Crippen molar-refractivity contribution in [2.24, 2.45) is 0 Å². The van der Waals surface area contributed by atoms with Crippen LogP contribution >= 0.6 is 34.7 Å². The second kappa shape index (κ2) is 5.64. The van der Waals surface area contributed by atoms with Gasteiger partial charge >= 0.3 is 0 Å². The van der Waals surface area contributed by atoms with Crippen molar-refractivity contribution in [1.82, 2.24) is 0 Å². The maximum Gasteiger partial charge on any atom is 0.191 e. The summed E-state index contributed by atoms with van der Waals surface area (Å²) in [4.78, 5) is 14.5.